The maximum absolute atomic E-state index is 14.7. The number of halogens is 2. The predicted molar refractivity (Wildman–Crippen MR) is 109 cm³/mol. The quantitative estimate of drug-likeness (QED) is 0.414. The second-order valence-corrected chi connectivity index (χ2v) is 7.31. The summed E-state index contributed by atoms with van der Waals surface area (Å²) in [7, 11) is 1.12. The van der Waals surface area contributed by atoms with Crippen LogP contribution in [0.15, 0.2) is 36.4 Å². The van der Waals surface area contributed by atoms with Crippen molar-refractivity contribution in [2.24, 2.45) is 5.73 Å². The van der Waals surface area contributed by atoms with E-state index in [2.05, 4.69) is 15.4 Å². The molecule has 4 N–H and O–H groups in total. The molecular weight excluding hydrogens is 424 g/mol. The first-order valence-electron chi connectivity index (χ1n) is 9.71. The van der Waals surface area contributed by atoms with E-state index in [0.29, 0.717) is 12.8 Å². The molecule has 0 heterocycles. The number of ketones is 1. The molecule has 10 heteroatoms. The van der Waals surface area contributed by atoms with E-state index in [0.717, 1.165) is 19.2 Å². The molecular formula is C22H21F2N3O5. The van der Waals surface area contributed by atoms with Gasteiger partial charge in [-0.25, -0.2) is 13.6 Å². The summed E-state index contributed by atoms with van der Waals surface area (Å²) >= 11 is 0. The van der Waals surface area contributed by atoms with Gasteiger partial charge in [0.1, 0.15) is 22.7 Å². The number of esters is 1. The minimum atomic E-state index is -1.20. The summed E-state index contributed by atoms with van der Waals surface area (Å²) in [6.45, 7) is -0.648. The van der Waals surface area contributed by atoms with E-state index in [1.165, 1.54) is 24.3 Å². The molecule has 0 saturated heterocycles. The Labute approximate surface area is 182 Å². The fourth-order valence-electron chi connectivity index (χ4n) is 3.19. The SMILES string of the molecule is COC(=O)c1c(F)cccc1-c1ccc(CNC(=O)C2(NC(=O)C(=O)CN)CC2)c(F)c1. The molecule has 0 aliphatic heterocycles. The maximum Gasteiger partial charge on any atom is 0.341 e. The molecule has 0 unspecified atom stereocenters. The molecule has 2 aromatic rings. The van der Waals surface area contributed by atoms with Crippen LogP contribution in [0.3, 0.4) is 0 Å². The third-order valence-corrected chi connectivity index (χ3v) is 5.18. The van der Waals surface area contributed by atoms with Gasteiger partial charge in [0.2, 0.25) is 11.7 Å². The standard InChI is InChI=1S/C22H21F2N3O5/c1-32-20(30)18-14(3-2-4-15(18)23)12-5-6-13(16(24)9-12)11-26-21(31)22(7-8-22)27-19(29)17(28)10-25/h2-6,9H,7-8,10-11,25H2,1H3,(H,26,31)(H,27,29). The third-order valence-electron chi connectivity index (χ3n) is 5.18. The van der Waals surface area contributed by atoms with Crippen molar-refractivity contribution < 1.29 is 32.7 Å². The Kier molecular flexibility index (Phi) is 6.64. The van der Waals surface area contributed by atoms with Gasteiger partial charge in [0.15, 0.2) is 0 Å². The molecule has 32 heavy (non-hydrogen) atoms. The Balaban J connectivity index is 1.73. The number of amides is 2. The van der Waals surface area contributed by atoms with Crippen LogP contribution in [0.4, 0.5) is 8.78 Å². The van der Waals surface area contributed by atoms with Gasteiger partial charge >= 0.3 is 5.97 Å². The Hall–Kier alpha value is -3.66. The monoisotopic (exact) mass is 445 g/mol. The Morgan fingerprint density at radius 3 is 2.41 bits per heavy atom. The fourth-order valence-corrected chi connectivity index (χ4v) is 3.19. The molecule has 2 aromatic carbocycles. The van der Waals surface area contributed by atoms with Crippen molar-refractivity contribution in [3.05, 3.63) is 59.2 Å². The molecule has 1 saturated carbocycles. The van der Waals surface area contributed by atoms with E-state index in [9.17, 15) is 28.0 Å². The molecule has 2 amide bonds. The van der Waals surface area contributed by atoms with Crippen molar-refractivity contribution in [3.8, 4) is 11.1 Å². The van der Waals surface area contributed by atoms with Gasteiger partial charge in [0, 0.05) is 12.1 Å². The van der Waals surface area contributed by atoms with Crippen LogP contribution in [0, 0.1) is 11.6 Å². The smallest absolute Gasteiger partial charge is 0.341 e. The van der Waals surface area contributed by atoms with Gasteiger partial charge in [-0.3, -0.25) is 14.4 Å². The second-order valence-electron chi connectivity index (χ2n) is 7.31. The lowest BCUT2D eigenvalue weighted by molar-refractivity contribution is -0.139. The van der Waals surface area contributed by atoms with Crippen LogP contribution in [0.1, 0.15) is 28.8 Å². The number of hydrogen-bond acceptors (Lipinski definition) is 6. The molecule has 0 bridgehead atoms. The van der Waals surface area contributed by atoms with E-state index in [1.807, 2.05) is 0 Å². The summed E-state index contributed by atoms with van der Waals surface area (Å²) in [5.74, 6) is -4.69. The van der Waals surface area contributed by atoms with Gasteiger partial charge in [-0.1, -0.05) is 24.3 Å². The Morgan fingerprint density at radius 1 is 1.09 bits per heavy atom. The third kappa shape index (κ3) is 4.65. The highest BCUT2D eigenvalue weighted by Crippen LogP contribution is 2.35. The first kappa shape index (κ1) is 23.0. The van der Waals surface area contributed by atoms with Crippen LogP contribution < -0.4 is 16.4 Å². The van der Waals surface area contributed by atoms with Crippen molar-refractivity contribution in [1.29, 1.82) is 0 Å². The number of methoxy groups -OCH3 is 1. The Bertz CT molecular complexity index is 1100. The van der Waals surface area contributed by atoms with Crippen molar-refractivity contribution in [3.63, 3.8) is 0 Å². The van der Waals surface area contributed by atoms with Crippen molar-refractivity contribution in [1.82, 2.24) is 10.6 Å². The first-order chi connectivity index (χ1) is 15.2. The van der Waals surface area contributed by atoms with Crippen LogP contribution in [-0.2, 0) is 25.7 Å². The normalized spacial score (nSPS) is 13.8. The second kappa shape index (κ2) is 9.23. The predicted octanol–water partition coefficient (Wildman–Crippen LogP) is 1.21. The zero-order chi connectivity index (χ0) is 23.5. The zero-order valence-electron chi connectivity index (χ0n) is 17.2. The summed E-state index contributed by atoms with van der Waals surface area (Å²) in [6, 6.07) is 7.96. The maximum atomic E-state index is 14.7. The average molecular weight is 445 g/mol. The minimum Gasteiger partial charge on any atom is -0.465 e. The van der Waals surface area contributed by atoms with Crippen molar-refractivity contribution >= 4 is 23.6 Å². The van der Waals surface area contributed by atoms with Crippen molar-refractivity contribution in [2.75, 3.05) is 13.7 Å². The molecule has 0 atom stereocenters. The lowest BCUT2D eigenvalue weighted by Gasteiger charge is -2.17. The van der Waals surface area contributed by atoms with Gasteiger partial charge in [0.25, 0.3) is 5.91 Å². The van der Waals surface area contributed by atoms with E-state index in [4.69, 9.17) is 5.73 Å². The number of Topliss-reactive ketones (excluding diaryl/α,β-unsaturated/α-hetero) is 1. The average Bonchev–Trinajstić information content (AvgIpc) is 3.57. The van der Waals surface area contributed by atoms with E-state index >= 15 is 0 Å². The van der Waals surface area contributed by atoms with Gasteiger partial charge in [0.05, 0.1) is 13.7 Å². The van der Waals surface area contributed by atoms with E-state index in [1.54, 1.807) is 0 Å². The summed E-state index contributed by atoms with van der Waals surface area (Å²) in [4.78, 5) is 47.5. The lowest BCUT2D eigenvalue weighted by atomic mass is 9.98. The van der Waals surface area contributed by atoms with Crippen LogP contribution in [0.2, 0.25) is 0 Å². The van der Waals surface area contributed by atoms with Crippen molar-refractivity contribution in [2.45, 2.75) is 24.9 Å². The number of hydrogen-bond donors (Lipinski definition) is 3. The summed E-state index contributed by atoms with van der Waals surface area (Å²) in [5.41, 5.74) is 4.18. The summed E-state index contributed by atoms with van der Waals surface area (Å²) in [6.07, 6.45) is 0.694. The summed E-state index contributed by atoms with van der Waals surface area (Å²) < 4.78 is 33.4. The molecule has 8 nitrogen and oxygen atoms in total. The highest BCUT2D eigenvalue weighted by molar-refractivity contribution is 6.37. The number of nitrogens with two attached hydrogens (primary N) is 1. The molecule has 1 aliphatic carbocycles. The van der Waals surface area contributed by atoms with Crippen LogP contribution >= 0.6 is 0 Å². The van der Waals surface area contributed by atoms with Gasteiger partial charge in [-0.2, -0.15) is 0 Å². The van der Waals surface area contributed by atoms with Crippen LogP contribution in [0.5, 0.6) is 0 Å². The largest absolute Gasteiger partial charge is 0.465 e. The first-order valence-corrected chi connectivity index (χ1v) is 9.71. The Morgan fingerprint density at radius 2 is 1.81 bits per heavy atom. The molecule has 0 spiro atoms. The number of ether oxygens (including phenoxy) is 1. The van der Waals surface area contributed by atoms with Gasteiger partial charge < -0.3 is 21.1 Å². The topological polar surface area (TPSA) is 128 Å². The number of nitrogens with one attached hydrogen (secondary N) is 2. The number of rotatable bonds is 8. The van der Waals surface area contributed by atoms with Gasteiger partial charge in [-0.15, -0.1) is 0 Å². The lowest BCUT2D eigenvalue weighted by Crippen LogP contribution is -2.51. The fraction of sp³-hybridized carbons (Fsp3) is 0.273. The molecule has 0 aromatic heterocycles. The highest BCUT2D eigenvalue weighted by Gasteiger charge is 2.51. The highest BCUT2D eigenvalue weighted by atomic mass is 19.1. The number of benzene rings is 2. The van der Waals surface area contributed by atoms with E-state index in [-0.39, 0.29) is 28.8 Å². The minimum absolute atomic E-state index is 0.137. The molecule has 168 valence electrons. The molecule has 1 aliphatic rings. The van der Waals surface area contributed by atoms with Gasteiger partial charge in [-0.05, 0) is 36.1 Å². The van der Waals surface area contributed by atoms with E-state index < -0.39 is 47.3 Å². The zero-order valence-corrected chi connectivity index (χ0v) is 17.2. The molecule has 1 fully saturated rings. The number of carbonyl (C=O) groups is 4. The number of carbonyl (C=O) groups excluding carboxylic acids is 4. The van der Waals surface area contributed by atoms with Crippen LogP contribution in [0.25, 0.3) is 11.1 Å². The van der Waals surface area contributed by atoms with Crippen LogP contribution in [-0.4, -0.2) is 42.8 Å². The summed E-state index contributed by atoms with van der Waals surface area (Å²) in [5, 5.41) is 4.92. The molecule has 0 radical (unpaired) electrons. The molecule has 3 rings (SSSR count).